The van der Waals surface area contributed by atoms with E-state index in [1.165, 1.54) is 30.7 Å². The summed E-state index contributed by atoms with van der Waals surface area (Å²) in [6.07, 6.45) is 8.22. The molecule has 0 aromatic carbocycles. The minimum atomic E-state index is 0.409. The second-order valence-electron chi connectivity index (χ2n) is 4.88. The number of nitrogens with one attached hydrogen (secondary N) is 1. The van der Waals surface area contributed by atoms with Gasteiger partial charge in [0.15, 0.2) is 0 Å². The van der Waals surface area contributed by atoms with Crippen LogP contribution in [0.3, 0.4) is 0 Å². The molecule has 0 amide bonds. The lowest BCUT2D eigenvalue weighted by Gasteiger charge is -2.34. The standard InChI is InChI=1S/C13H23N3S/c1-2-11(13-15-7-8-17-13)16-12-6-4-3-5-10(12)9-14/h7-8,10-12,16H,2-6,9,14H2,1H3. The molecular weight excluding hydrogens is 230 g/mol. The number of aromatic nitrogens is 1. The van der Waals surface area contributed by atoms with Gasteiger partial charge in [-0.2, -0.15) is 0 Å². The van der Waals surface area contributed by atoms with E-state index in [1.54, 1.807) is 11.3 Å². The van der Waals surface area contributed by atoms with E-state index in [0.29, 0.717) is 18.0 Å². The highest BCUT2D eigenvalue weighted by molar-refractivity contribution is 7.09. The average Bonchev–Trinajstić information content (AvgIpc) is 2.90. The molecule has 1 saturated carbocycles. The molecule has 1 heterocycles. The number of rotatable bonds is 5. The summed E-state index contributed by atoms with van der Waals surface area (Å²) in [6.45, 7) is 3.03. The molecule has 3 N–H and O–H groups in total. The normalized spacial score (nSPS) is 26.9. The maximum atomic E-state index is 5.88. The first-order valence-electron chi connectivity index (χ1n) is 6.70. The Kier molecular flexibility index (Phi) is 4.95. The lowest BCUT2D eigenvalue weighted by Crippen LogP contribution is -2.43. The van der Waals surface area contributed by atoms with Gasteiger partial charge in [0, 0.05) is 17.6 Å². The van der Waals surface area contributed by atoms with Crippen molar-refractivity contribution in [1.82, 2.24) is 10.3 Å². The van der Waals surface area contributed by atoms with E-state index in [4.69, 9.17) is 5.73 Å². The molecule has 96 valence electrons. The molecule has 1 fully saturated rings. The van der Waals surface area contributed by atoms with Crippen LogP contribution >= 0.6 is 11.3 Å². The highest BCUT2D eigenvalue weighted by Gasteiger charge is 2.26. The molecule has 1 aliphatic carbocycles. The van der Waals surface area contributed by atoms with Crippen LogP contribution < -0.4 is 11.1 Å². The summed E-state index contributed by atoms with van der Waals surface area (Å²) < 4.78 is 0. The quantitative estimate of drug-likeness (QED) is 0.848. The predicted molar refractivity (Wildman–Crippen MR) is 73.1 cm³/mol. The first-order chi connectivity index (χ1) is 8.35. The Morgan fingerprint density at radius 2 is 2.35 bits per heavy atom. The van der Waals surface area contributed by atoms with E-state index in [2.05, 4.69) is 22.6 Å². The van der Waals surface area contributed by atoms with Crippen LogP contribution in [0.1, 0.15) is 50.1 Å². The SMILES string of the molecule is CCC(NC1CCCCC1CN)c1nccs1. The number of hydrogen-bond acceptors (Lipinski definition) is 4. The van der Waals surface area contributed by atoms with Crippen LogP contribution in [0.25, 0.3) is 0 Å². The van der Waals surface area contributed by atoms with Gasteiger partial charge in [-0.1, -0.05) is 19.8 Å². The molecule has 1 aromatic heterocycles. The molecule has 4 heteroatoms. The van der Waals surface area contributed by atoms with Crippen LogP contribution in [-0.4, -0.2) is 17.6 Å². The zero-order valence-corrected chi connectivity index (χ0v) is 11.4. The number of hydrogen-bond donors (Lipinski definition) is 2. The second-order valence-corrected chi connectivity index (χ2v) is 5.81. The Morgan fingerprint density at radius 1 is 1.53 bits per heavy atom. The van der Waals surface area contributed by atoms with Crippen LogP contribution in [0.2, 0.25) is 0 Å². The lowest BCUT2D eigenvalue weighted by atomic mass is 9.84. The zero-order chi connectivity index (χ0) is 12.1. The van der Waals surface area contributed by atoms with Gasteiger partial charge >= 0.3 is 0 Å². The first kappa shape index (κ1) is 13.0. The third-order valence-electron chi connectivity index (χ3n) is 3.78. The fraction of sp³-hybridized carbons (Fsp3) is 0.769. The second kappa shape index (κ2) is 6.47. The van der Waals surface area contributed by atoms with Crippen molar-refractivity contribution in [2.45, 2.75) is 51.1 Å². The summed E-state index contributed by atoms with van der Waals surface area (Å²) in [5, 5.41) is 7.05. The Bertz CT molecular complexity index is 312. The lowest BCUT2D eigenvalue weighted by molar-refractivity contribution is 0.245. The van der Waals surface area contributed by atoms with E-state index in [9.17, 15) is 0 Å². The van der Waals surface area contributed by atoms with Crippen molar-refractivity contribution in [2.24, 2.45) is 11.7 Å². The van der Waals surface area contributed by atoms with E-state index in [0.717, 1.165) is 13.0 Å². The predicted octanol–water partition coefficient (Wildman–Crippen LogP) is 2.70. The van der Waals surface area contributed by atoms with Crippen LogP contribution in [0, 0.1) is 5.92 Å². The zero-order valence-electron chi connectivity index (χ0n) is 10.6. The Hall–Kier alpha value is -0.450. The Morgan fingerprint density at radius 3 is 3.00 bits per heavy atom. The van der Waals surface area contributed by atoms with Gasteiger partial charge in [-0.05, 0) is 31.7 Å². The summed E-state index contributed by atoms with van der Waals surface area (Å²) in [7, 11) is 0. The maximum absolute atomic E-state index is 5.88. The topological polar surface area (TPSA) is 50.9 Å². The van der Waals surface area contributed by atoms with Gasteiger partial charge in [0.1, 0.15) is 5.01 Å². The molecule has 0 radical (unpaired) electrons. The molecule has 1 aliphatic rings. The van der Waals surface area contributed by atoms with Gasteiger partial charge in [-0.3, -0.25) is 0 Å². The van der Waals surface area contributed by atoms with E-state index < -0.39 is 0 Å². The highest BCUT2D eigenvalue weighted by Crippen LogP contribution is 2.27. The average molecular weight is 253 g/mol. The van der Waals surface area contributed by atoms with E-state index >= 15 is 0 Å². The van der Waals surface area contributed by atoms with E-state index in [1.807, 2.05) is 6.20 Å². The number of thiazole rings is 1. The Balaban J connectivity index is 1.97. The van der Waals surface area contributed by atoms with Gasteiger partial charge in [0.2, 0.25) is 0 Å². The third-order valence-corrected chi connectivity index (χ3v) is 4.67. The molecule has 0 spiro atoms. The van der Waals surface area contributed by atoms with Crippen molar-refractivity contribution >= 4 is 11.3 Å². The molecule has 0 bridgehead atoms. The molecule has 3 atom stereocenters. The highest BCUT2D eigenvalue weighted by atomic mass is 32.1. The fourth-order valence-corrected chi connectivity index (χ4v) is 3.52. The number of nitrogens with zero attached hydrogens (tertiary/aromatic N) is 1. The van der Waals surface area contributed by atoms with Crippen LogP contribution in [0.15, 0.2) is 11.6 Å². The fourth-order valence-electron chi connectivity index (χ4n) is 2.74. The minimum absolute atomic E-state index is 0.409. The van der Waals surface area contributed by atoms with Crippen molar-refractivity contribution in [3.8, 4) is 0 Å². The van der Waals surface area contributed by atoms with Crippen molar-refractivity contribution in [1.29, 1.82) is 0 Å². The minimum Gasteiger partial charge on any atom is -0.330 e. The molecular formula is C13H23N3S. The van der Waals surface area contributed by atoms with E-state index in [-0.39, 0.29) is 0 Å². The molecule has 3 nitrogen and oxygen atoms in total. The smallest absolute Gasteiger partial charge is 0.109 e. The summed E-state index contributed by atoms with van der Waals surface area (Å²) >= 11 is 1.75. The largest absolute Gasteiger partial charge is 0.330 e. The van der Waals surface area contributed by atoms with Gasteiger partial charge in [-0.25, -0.2) is 4.98 Å². The van der Waals surface area contributed by atoms with Gasteiger partial charge in [-0.15, -0.1) is 11.3 Å². The van der Waals surface area contributed by atoms with Crippen LogP contribution in [0.4, 0.5) is 0 Å². The summed E-state index contributed by atoms with van der Waals surface area (Å²) in [6, 6.07) is 0.995. The molecule has 0 aliphatic heterocycles. The molecule has 2 rings (SSSR count). The van der Waals surface area contributed by atoms with Gasteiger partial charge < -0.3 is 11.1 Å². The summed E-state index contributed by atoms with van der Waals surface area (Å²) in [4.78, 5) is 4.43. The van der Waals surface area contributed by atoms with Gasteiger partial charge in [0.25, 0.3) is 0 Å². The van der Waals surface area contributed by atoms with Crippen molar-refractivity contribution in [2.75, 3.05) is 6.54 Å². The Labute approximate surface area is 108 Å². The molecule has 0 saturated heterocycles. The molecule has 3 unspecified atom stereocenters. The molecule has 1 aromatic rings. The summed E-state index contributed by atoms with van der Waals surface area (Å²) in [5.41, 5.74) is 5.88. The summed E-state index contributed by atoms with van der Waals surface area (Å²) in [5.74, 6) is 0.651. The number of nitrogens with two attached hydrogens (primary N) is 1. The van der Waals surface area contributed by atoms with Crippen molar-refractivity contribution < 1.29 is 0 Å². The van der Waals surface area contributed by atoms with Gasteiger partial charge in [0.05, 0.1) is 6.04 Å². The van der Waals surface area contributed by atoms with Crippen LogP contribution in [-0.2, 0) is 0 Å². The van der Waals surface area contributed by atoms with Crippen molar-refractivity contribution in [3.05, 3.63) is 16.6 Å². The molecule has 17 heavy (non-hydrogen) atoms. The third kappa shape index (κ3) is 3.27. The first-order valence-corrected chi connectivity index (χ1v) is 7.58. The van der Waals surface area contributed by atoms with Crippen LogP contribution in [0.5, 0.6) is 0 Å². The van der Waals surface area contributed by atoms with Crippen molar-refractivity contribution in [3.63, 3.8) is 0 Å². The monoisotopic (exact) mass is 253 g/mol. The maximum Gasteiger partial charge on any atom is 0.109 e.